The van der Waals surface area contributed by atoms with Crippen molar-refractivity contribution in [2.45, 2.75) is 13.2 Å². The zero-order valence-corrected chi connectivity index (χ0v) is 13.4. The summed E-state index contributed by atoms with van der Waals surface area (Å²) in [4.78, 5) is 0. The minimum absolute atomic E-state index is 0.345. The van der Waals surface area contributed by atoms with E-state index in [4.69, 9.17) is 10.5 Å². The summed E-state index contributed by atoms with van der Waals surface area (Å²) < 4.78 is 5.96. The van der Waals surface area contributed by atoms with Crippen molar-refractivity contribution in [3.05, 3.63) is 66.7 Å². The third-order valence-corrected chi connectivity index (χ3v) is 4.78. The second kappa shape index (κ2) is 4.83. The topological polar surface area (TPSA) is 35.2 Å². The summed E-state index contributed by atoms with van der Waals surface area (Å²) >= 11 is 0. The Hall–Kier alpha value is -2.84. The average molecular weight is 311 g/mol. The van der Waals surface area contributed by atoms with Gasteiger partial charge in [0.1, 0.15) is 12.0 Å². The van der Waals surface area contributed by atoms with E-state index in [9.17, 15) is 0 Å². The molecule has 0 aliphatic heterocycles. The standard InChI is InChI=1S/C22H17NO/c1-13(23)24-19-12-11-15-7-3-9-17-16-8-2-5-14-6-4-10-18(20(14)16)22(19)21(15)17/h2-13H,23H2,1H3. The van der Waals surface area contributed by atoms with E-state index < -0.39 is 0 Å². The second-order valence-corrected chi connectivity index (χ2v) is 6.37. The summed E-state index contributed by atoms with van der Waals surface area (Å²) in [6.45, 7) is 1.86. The smallest absolute Gasteiger partial charge is 0.144 e. The molecule has 5 rings (SSSR count). The number of rotatable bonds is 2. The van der Waals surface area contributed by atoms with Crippen molar-refractivity contribution in [3.63, 3.8) is 0 Å². The molecule has 0 amide bonds. The summed E-state index contributed by atoms with van der Waals surface area (Å²) in [5.74, 6) is 0.854. The molecule has 5 aromatic rings. The Morgan fingerprint density at radius 2 is 1.25 bits per heavy atom. The van der Waals surface area contributed by atoms with Crippen LogP contribution in [0.1, 0.15) is 6.92 Å². The van der Waals surface area contributed by atoms with Crippen LogP contribution in [-0.2, 0) is 0 Å². The average Bonchev–Trinajstić information content (AvgIpc) is 2.59. The fourth-order valence-electron chi connectivity index (χ4n) is 3.92. The van der Waals surface area contributed by atoms with Crippen LogP contribution in [0.3, 0.4) is 0 Å². The van der Waals surface area contributed by atoms with Gasteiger partial charge in [0.15, 0.2) is 0 Å². The van der Waals surface area contributed by atoms with Gasteiger partial charge in [0.05, 0.1) is 0 Å². The van der Waals surface area contributed by atoms with E-state index >= 15 is 0 Å². The fourth-order valence-corrected chi connectivity index (χ4v) is 3.92. The van der Waals surface area contributed by atoms with Crippen LogP contribution < -0.4 is 10.5 Å². The quantitative estimate of drug-likeness (QED) is 0.268. The van der Waals surface area contributed by atoms with Crippen molar-refractivity contribution in [1.82, 2.24) is 0 Å². The highest BCUT2D eigenvalue weighted by atomic mass is 16.5. The van der Waals surface area contributed by atoms with E-state index in [1.807, 2.05) is 13.0 Å². The van der Waals surface area contributed by atoms with Gasteiger partial charge >= 0.3 is 0 Å². The second-order valence-electron chi connectivity index (χ2n) is 6.37. The summed E-state index contributed by atoms with van der Waals surface area (Å²) in [5, 5.41) is 9.96. The maximum atomic E-state index is 5.96. The predicted molar refractivity (Wildman–Crippen MR) is 102 cm³/mol. The molecule has 1 atom stereocenters. The van der Waals surface area contributed by atoms with Gasteiger partial charge in [-0.05, 0) is 45.3 Å². The molecule has 1 unspecified atom stereocenters. The van der Waals surface area contributed by atoms with Crippen molar-refractivity contribution in [2.75, 3.05) is 0 Å². The van der Waals surface area contributed by atoms with Gasteiger partial charge < -0.3 is 4.74 Å². The lowest BCUT2D eigenvalue weighted by Gasteiger charge is -2.18. The fraction of sp³-hybridized carbons (Fsp3) is 0.0909. The molecule has 0 aromatic heterocycles. The van der Waals surface area contributed by atoms with Crippen LogP contribution in [0.15, 0.2) is 66.7 Å². The molecule has 2 nitrogen and oxygen atoms in total. The lowest BCUT2D eigenvalue weighted by Crippen LogP contribution is -2.22. The highest BCUT2D eigenvalue weighted by Gasteiger charge is 2.16. The van der Waals surface area contributed by atoms with Gasteiger partial charge in [-0.15, -0.1) is 0 Å². The van der Waals surface area contributed by atoms with Crippen LogP contribution in [0, 0.1) is 0 Å². The number of ether oxygens (including phenoxy) is 1. The van der Waals surface area contributed by atoms with E-state index in [0.717, 1.165) is 11.1 Å². The molecule has 0 aliphatic rings. The first-order chi connectivity index (χ1) is 11.7. The highest BCUT2D eigenvalue weighted by molar-refractivity contribution is 6.34. The van der Waals surface area contributed by atoms with E-state index in [0.29, 0.717) is 0 Å². The monoisotopic (exact) mass is 311 g/mol. The van der Waals surface area contributed by atoms with Crippen molar-refractivity contribution < 1.29 is 4.74 Å². The normalized spacial score (nSPS) is 13.2. The molecular formula is C22H17NO. The van der Waals surface area contributed by atoms with Crippen LogP contribution in [0.2, 0.25) is 0 Å². The van der Waals surface area contributed by atoms with Gasteiger partial charge in [-0.25, -0.2) is 0 Å². The van der Waals surface area contributed by atoms with Crippen LogP contribution >= 0.6 is 0 Å². The zero-order valence-electron chi connectivity index (χ0n) is 13.4. The van der Waals surface area contributed by atoms with Crippen molar-refractivity contribution in [3.8, 4) is 5.75 Å². The van der Waals surface area contributed by atoms with Crippen LogP contribution in [-0.4, -0.2) is 6.23 Å². The van der Waals surface area contributed by atoms with E-state index in [1.165, 1.54) is 37.7 Å². The summed E-state index contributed by atoms with van der Waals surface area (Å²) in [7, 11) is 0. The number of nitrogens with two attached hydrogens (primary N) is 1. The highest BCUT2D eigenvalue weighted by Crippen LogP contribution is 2.43. The van der Waals surface area contributed by atoms with Crippen molar-refractivity contribution in [2.24, 2.45) is 5.73 Å². The van der Waals surface area contributed by atoms with Crippen LogP contribution in [0.4, 0.5) is 0 Å². The zero-order chi connectivity index (χ0) is 16.3. The van der Waals surface area contributed by atoms with E-state index in [1.54, 1.807) is 0 Å². The van der Waals surface area contributed by atoms with Gasteiger partial charge in [0, 0.05) is 10.8 Å². The van der Waals surface area contributed by atoms with Gasteiger partial charge in [0.2, 0.25) is 0 Å². The third-order valence-electron chi connectivity index (χ3n) is 4.78. The van der Waals surface area contributed by atoms with Crippen molar-refractivity contribution >= 4 is 43.1 Å². The summed E-state index contributed by atoms with van der Waals surface area (Å²) in [6.07, 6.45) is -0.345. The molecule has 0 saturated carbocycles. The van der Waals surface area contributed by atoms with Crippen LogP contribution in [0.5, 0.6) is 5.75 Å². The first-order valence-electron chi connectivity index (χ1n) is 8.24. The number of benzene rings is 5. The Balaban J connectivity index is 2.14. The third kappa shape index (κ3) is 1.75. The Bertz CT molecular complexity index is 1200. The molecule has 0 saturated heterocycles. The molecule has 5 aromatic carbocycles. The van der Waals surface area contributed by atoms with Crippen molar-refractivity contribution in [1.29, 1.82) is 0 Å². The Kier molecular flexibility index (Phi) is 2.73. The molecule has 0 heterocycles. The Morgan fingerprint density at radius 3 is 1.92 bits per heavy atom. The maximum Gasteiger partial charge on any atom is 0.144 e. The molecule has 2 N–H and O–H groups in total. The Labute approximate surface area is 139 Å². The maximum absolute atomic E-state index is 5.96. The van der Waals surface area contributed by atoms with Gasteiger partial charge in [-0.3, -0.25) is 5.73 Å². The molecule has 116 valence electrons. The molecule has 2 heteroatoms. The Morgan fingerprint density at radius 1 is 0.667 bits per heavy atom. The number of hydrogen-bond donors (Lipinski definition) is 1. The molecular weight excluding hydrogens is 294 g/mol. The molecule has 0 aliphatic carbocycles. The van der Waals surface area contributed by atoms with Gasteiger partial charge in [-0.1, -0.05) is 60.7 Å². The first-order valence-corrected chi connectivity index (χ1v) is 8.24. The largest absolute Gasteiger partial charge is 0.475 e. The number of fused-ring (bicyclic) bond motifs is 2. The first kappa shape index (κ1) is 13.6. The molecule has 0 bridgehead atoms. The van der Waals surface area contributed by atoms with Gasteiger partial charge in [-0.2, -0.15) is 0 Å². The minimum Gasteiger partial charge on any atom is -0.475 e. The SMILES string of the molecule is CC(N)Oc1ccc2cccc3c4cccc5cccc(c1c23)c54. The predicted octanol–water partition coefficient (Wildman–Crippen LogP) is 5.42. The molecule has 0 fully saturated rings. The summed E-state index contributed by atoms with van der Waals surface area (Å²) in [5.41, 5.74) is 5.92. The molecule has 0 spiro atoms. The lowest BCUT2D eigenvalue weighted by atomic mass is 9.89. The van der Waals surface area contributed by atoms with Gasteiger partial charge in [0.25, 0.3) is 0 Å². The van der Waals surface area contributed by atoms with E-state index in [2.05, 4.69) is 60.7 Å². The number of hydrogen-bond acceptors (Lipinski definition) is 2. The van der Waals surface area contributed by atoms with Crippen LogP contribution in [0.25, 0.3) is 43.1 Å². The minimum atomic E-state index is -0.345. The molecule has 0 radical (unpaired) electrons. The molecule has 24 heavy (non-hydrogen) atoms. The lowest BCUT2D eigenvalue weighted by molar-refractivity contribution is 0.233. The summed E-state index contributed by atoms with van der Waals surface area (Å²) in [6, 6.07) is 23.6. The van der Waals surface area contributed by atoms with E-state index in [-0.39, 0.29) is 6.23 Å².